The molecule has 0 heterocycles. The number of alkyl halides is 1. The van der Waals surface area contributed by atoms with Crippen LogP contribution in [0.3, 0.4) is 0 Å². The Morgan fingerprint density at radius 2 is 1.67 bits per heavy atom. The van der Waals surface area contributed by atoms with E-state index in [2.05, 4.69) is 29.8 Å². The van der Waals surface area contributed by atoms with Crippen LogP contribution in [-0.2, 0) is 6.42 Å². The summed E-state index contributed by atoms with van der Waals surface area (Å²) >= 11 is 3.55. The second-order valence-electron chi connectivity index (χ2n) is 4.08. The van der Waals surface area contributed by atoms with Crippen molar-refractivity contribution in [3.05, 3.63) is 35.4 Å². The van der Waals surface area contributed by atoms with Crippen molar-refractivity contribution in [3.8, 4) is 0 Å². The lowest BCUT2D eigenvalue weighted by atomic mass is 10.0. The maximum atomic E-state index is 12.9. The second kappa shape index (κ2) is 5.59. The van der Waals surface area contributed by atoms with Crippen LogP contribution < -0.4 is 0 Å². The standard InChI is InChI=1S/C12H15BrF2/c1-8(2)12(13)4-3-9-5-10(14)7-11(15)6-9/h5-8,12H,3-4H2,1-2H3. The quantitative estimate of drug-likeness (QED) is 0.719. The van der Waals surface area contributed by atoms with E-state index in [9.17, 15) is 8.78 Å². The average molecular weight is 277 g/mol. The van der Waals surface area contributed by atoms with Crippen LogP contribution in [-0.4, -0.2) is 4.83 Å². The molecule has 1 atom stereocenters. The Bertz CT molecular complexity index is 303. The molecular weight excluding hydrogens is 262 g/mol. The summed E-state index contributed by atoms with van der Waals surface area (Å²) in [7, 11) is 0. The molecule has 0 radical (unpaired) electrons. The number of aryl methyl sites for hydroxylation is 1. The highest BCUT2D eigenvalue weighted by Crippen LogP contribution is 2.19. The molecule has 0 amide bonds. The Morgan fingerprint density at radius 1 is 1.13 bits per heavy atom. The van der Waals surface area contributed by atoms with E-state index in [0.717, 1.165) is 18.1 Å². The lowest BCUT2D eigenvalue weighted by Gasteiger charge is -2.13. The van der Waals surface area contributed by atoms with Crippen molar-refractivity contribution in [2.24, 2.45) is 5.92 Å². The highest BCUT2D eigenvalue weighted by atomic mass is 79.9. The molecule has 0 aromatic heterocycles. The van der Waals surface area contributed by atoms with E-state index in [-0.39, 0.29) is 0 Å². The summed E-state index contributed by atoms with van der Waals surface area (Å²) in [6, 6.07) is 3.68. The Balaban J connectivity index is 2.57. The van der Waals surface area contributed by atoms with Crippen LogP contribution in [0.15, 0.2) is 18.2 Å². The van der Waals surface area contributed by atoms with Crippen LogP contribution in [0.1, 0.15) is 25.8 Å². The molecule has 3 heteroatoms. The van der Waals surface area contributed by atoms with Crippen molar-refractivity contribution in [1.29, 1.82) is 0 Å². The van der Waals surface area contributed by atoms with Crippen LogP contribution in [0.25, 0.3) is 0 Å². The van der Waals surface area contributed by atoms with Gasteiger partial charge in [-0.2, -0.15) is 0 Å². The van der Waals surface area contributed by atoms with E-state index in [0.29, 0.717) is 17.2 Å². The van der Waals surface area contributed by atoms with Gasteiger partial charge in [0, 0.05) is 10.9 Å². The van der Waals surface area contributed by atoms with Crippen molar-refractivity contribution in [1.82, 2.24) is 0 Å². The summed E-state index contributed by atoms with van der Waals surface area (Å²) in [5.74, 6) is -0.468. The monoisotopic (exact) mass is 276 g/mol. The molecule has 0 bridgehead atoms. The first-order valence-electron chi connectivity index (χ1n) is 5.08. The predicted molar refractivity (Wildman–Crippen MR) is 62.2 cm³/mol. The van der Waals surface area contributed by atoms with Crippen LogP contribution in [0, 0.1) is 17.6 Å². The summed E-state index contributed by atoms with van der Waals surface area (Å²) in [5, 5.41) is 0. The van der Waals surface area contributed by atoms with Gasteiger partial charge in [0.15, 0.2) is 0 Å². The molecule has 0 spiro atoms. The van der Waals surface area contributed by atoms with Gasteiger partial charge in [0.05, 0.1) is 0 Å². The van der Waals surface area contributed by atoms with Gasteiger partial charge in [0.2, 0.25) is 0 Å². The third kappa shape index (κ3) is 4.29. The van der Waals surface area contributed by atoms with Crippen molar-refractivity contribution in [3.63, 3.8) is 0 Å². The lowest BCUT2D eigenvalue weighted by Crippen LogP contribution is -2.08. The Morgan fingerprint density at radius 3 is 2.13 bits per heavy atom. The third-order valence-electron chi connectivity index (χ3n) is 2.35. The first-order valence-corrected chi connectivity index (χ1v) is 5.99. The largest absolute Gasteiger partial charge is 0.207 e. The van der Waals surface area contributed by atoms with Gasteiger partial charge in [-0.1, -0.05) is 29.8 Å². The summed E-state index contributed by atoms with van der Waals surface area (Å²) in [5.41, 5.74) is 0.720. The van der Waals surface area contributed by atoms with E-state index >= 15 is 0 Å². The molecule has 0 aliphatic heterocycles. The Hall–Kier alpha value is -0.440. The first-order chi connectivity index (χ1) is 6.99. The molecule has 1 unspecified atom stereocenters. The van der Waals surface area contributed by atoms with Gasteiger partial charge < -0.3 is 0 Å². The molecule has 0 nitrogen and oxygen atoms in total. The number of benzene rings is 1. The van der Waals surface area contributed by atoms with Crippen molar-refractivity contribution in [2.45, 2.75) is 31.5 Å². The van der Waals surface area contributed by atoms with Crippen LogP contribution in [0.4, 0.5) is 8.78 Å². The fourth-order valence-electron chi connectivity index (χ4n) is 1.39. The number of hydrogen-bond donors (Lipinski definition) is 0. The van der Waals surface area contributed by atoms with Crippen molar-refractivity contribution < 1.29 is 8.78 Å². The van der Waals surface area contributed by atoms with Gasteiger partial charge in [0.25, 0.3) is 0 Å². The van der Waals surface area contributed by atoms with E-state index in [4.69, 9.17) is 0 Å². The predicted octanol–water partition coefficient (Wildman–Crippen LogP) is 4.32. The molecule has 0 saturated carbocycles. The van der Waals surface area contributed by atoms with Crippen molar-refractivity contribution in [2.75, 3.05) is 0 Å². The van der Waals surface area contributed by atoms with Gasteiger partial charge in [-0.15, -0.1) is 0 Å². The normalized spacial score (nSPS) is 13.2. The SMILES string of the molecule is CC(C)C(Br)CCc1cc(F)cc(F)c1. The molecule has 0 fully saturated rings. The average Bonchev–Trinajstić information content (AvgIpc) is 2.12. The van der Waals surface area contributed by atoms with Gasteiger partial charge in [0.1, 0.15) is 11.6 Å². The number of halogens is 3. The van der Waals surface area contributed by atoms with Gasteiger partial charge in [-0.25, -0.2) is 8.78 Å². The zero-order chi connectivity index (χ0) is 11.4. The molecule has 0 aliphatic carbocycles. The summed E-state index contributed by atoms with van der Waals surface area (Å²) in [6.45, 7) is 4.23. The minimum absolute atomic E-state index is 0.392. The second-order valence-corrected chi connectivity index (χ2v) is 5.25. The summed E-state index contributed by atoms with van der Waals surface area (Å²) in [6.07, 6.45) is 1.59. The molecular formula is C12H15BrF2. The zero-order valence-corrected chi connectivity index (χ0v) is 10.5. The highest BCUT2D eigenvalue weighted by molar-refractivity contribution is 9.09. The smallest absolute Gasteiger partial charge is 0.126 e. The minimum Gasteiger partial charge on any atom is -0.207 e. The summed E-state index contributed by atoms with van der Waals surface area (Å²) < 4.78 is 25.7. The van der Waals surface area contributed by atoms with Gasteiger partial charge in [-0.05, 0) is 36.5 Å². The maximum Gasteiger partial charge on any atom is 0.126 e. The van der Waals surface area contributed by atoms with Crippen LogP contribution in [0.5, 0.6) is 0 Å². The van der Waals surface area contributed by atoms with Crippen LogP contribution in [0.2, 0.25) is 0 Å². The lowest BCUT2D eigenvalue weighted by molar-refractivity contribution is 0.566. The number of rotatable bonds is 4. The number of hydrogen-bond acceptors (Lipinski definition) is 0. The molecule has 1 aromatic rings. The zero-order valence-electron chi connectivity index (χ0n) is 8.93. The molecule has 0 N–H and O–H groups in total. The van der Waals surface area contributed by atoms with E-state index in [1.54, 1.807) is 0 Å². The molecule has 84 valence electrons. The maximum absolute atomic E-state index is 12.9. The highest BCUT2D eigenvalue weighted by Gasteiger charge is 2.09. The summed E-state index contributed by atoms with van der Waals surface area (Å²) in [4.78, 5) is 0.392. The van der Waals surface area contributed by atoms with E-state index < -0.39 is 11.6 Å². The Kier molecular flexibility index (Phi) is 4.71. The fraction of sp³-hybridized carbons (Fsp3) is 0.500. The molecule has 1 aromatic carbocycles. The molecule has 0 aliphatic rings. The minimum atomic E-state index is -0.499. The molecule has 1 rings (SSSR count). The van der Waals surface area contributed by atoms with Gasteiger partial charge >= 0.3 is 0 Å². The van der Waals surface area contributed by atoms with Gasteiger partial charge in [-0.3, -0.25) is 0 Å². The molecule has 15 heavy (non-hydrogen) atoms. The molecule has 0 saturated heterocycles. The topological polar surface area (TPSA) is 0 Å². The fourth-order valence-corrected chi connectivity index (χ4v) is 1.62. The van der Waals surface area contributed by atoms with Crippen LogP contribution >= 0.6 is 15.9 Å². The first kappa shape index (κ1) is 12.6. The van der Waals surface area contributed by atoms with E-state index in [1.807, 2.05) is 0 Å². The van der Waals surface area contributed by atoms with E-state index in [1.165, 1.54) is 12.1 Å². The Labute approximate surface area is 97.8 Å². The third-order valence-corrected chi connectivity index (χ3v) is 3.87. The van der Waals surface area contributed by atoms with Crippen molar-refractivity contribution >= 4 is 15.9 Å².